The lowest BCUT2D eigenvalue weighted by molar-refractivity contribution is 0.648. The van der Waals surface area contributed by atoms with Crippen LogP contribution in [-0.4, -0.2) is 11.5 Å². The molecule has 0 N–H and O–H groups in total. The third-order valence-corrected chi connectivity index (χ3v) is 2.87. The summed E-state index contributed by atoms with van der Waals surface area (Å²) in [4.78, 5) is 0. The highest BCUT2D eigenvalue weighted by Crippen LogP contribution is 2.14. The van der Waals surface area contributed by atoms with Crippen molar-refractivity contribution in [2.24, 2.45) is 0 Å². The monoisotopic (exact) mass is 170 g/mol. The minimum Gasteiger partial charge on any atom is -0.162 e. The van der Waals surface area contributed by atoms with Crippen molar-refractivity contribution in [2.75, 3.05) is 6.26 Å². The van der Waals surface area contributed by atoms with E-state index in [9.17, 15) is 0 Å². The van der Waals surface area contributed by atoms with E-state index in [0.29, 0.717) is 0 Å². The van der Waals surface area contributed by atoms with Crippen LogP contribution in [-0.2, 0) is 0 Å². The van der Waals surface area contributed by atoms with Crippen LogP contribution in [0.2, 0.25) is 0 Å². The van der Waals surface area contributed by atoms with Gasteiger partial charge in [-0.1, -0.05) is 19.8 Å². The van der Waals surface area contributed by atoms with E-state index in [2.05, 4.69) is 19.1 Å². The van der Waals surface area contributed by atoms with Crippen LogP contribution in [0.3, 0.4) is 0 Å². The smallest absolute Gasteiger partial charge is 0.00860 e. The Balaban J connectivity index is 2.97. The predicted molar refractivity (Wildman–Crippen MR) is 54.9 cm³/mol. The van der Waals surface area contributed by atoms with Crippen LogP contribution in [0, 0.1) is 12.3 Å². The molecule has 0 aliphatic rings. The minimum absolute atomic E-state index is 0.820. The Hall–Kier alpha value is -0.0900. The van der Waals surface area contributed by atoms with Gasteiger partial charge >= 0.3 is 0 Å². The second kappa shape index (κ2) is 8.01. The molecule has 0 rings (SSSR count). The fourth-order valence-electron chi connectivity index (χ4n) is 0.953. The number of thioether (sulfide) groups is 1. The van der Waals surface area contributed by atoms with Crippen LogP contribution in [0.5, 0.6) is 0 Å². The van der Waals surface area contributed by atoms with Crippen molar-refractivity contribution < 1.29 is 0 Å². The minimum atomic E-state index is 0.820. The first kappa shape index (κ1) is 10.9. The van der Waals surface area contributed by atoms with Crippen LogP contribution < -0.4 is 0 Å². The van der Waals surface area contributed by atoms with E-state index in [4.69, 9.17) is 6.42 Å². The number of rotatable bonds is 6. The van der Waals surface area contributed by atoms with Gasteiger partial charge < -0.3 is 0 Å². The third kappa shape index (κ3) is 7.81. The quantitative estimate of drug-likeness (QED) is 0.435. The molecular formula is C10H18S. The van der Waals surface area contributed by atoms with Crippen LogP contribution in [0.25, 0.3) is 0 Å². The number of hydrogen-bond donors (Lipinski definition) is 0. The van der Waals surface area contributed by atoms with E-state index in [-0.39, 0.29) is 0 Å². The first-order valence-corrected chi connectivity index (χ1v) is 5.56. The van der Waals surface area contributed by atoms with Crippen molar-refractivity contribution >= 4 is 11.8 Å². The van der Waals surface area contributed by atoms with Crippen molar-refractivity contribution in [3.05, 3.63) is 0 Å². The molecule has 0 aliphatic heterocycles. The molecule has 0 aromatic carbocycles. The summed E-state index contributed by atoms with van der Waals surface area (Å²) in [5, 5.41) is 0.820. The number of unbranched alkanes of at least 4 members (excludes halogenated alkanes) is 3. The normalized spacial score (nSPS) is 12.5. The fraction of sp³-hybridized carbons (Fsp3) is 0.800. The van der Waals surface area contributed by atoms with Crippen molar-refractivity contribution in [2.45, 2.75) is 44.3 Å². The van der Waals surface area contributed by atoms with Crippen molar-refractivity contribution in [3.8, 4) is 12.3 Å². The molecule has 0 fully saturated rings. The first-order valence-electron chi connectivity index (χ1n) is 4.27. The molecule has 0 saturated heterocycles. The third-order valence-electron chi connectivity index (χ3n) is 1.83. The second-order valence-corrected chi connectivity index (χ2v) is 4.13. The second-order valence-electron chi connectivity index (χ2n) is 2.85. The highest BCUT2D eigenvalue weighted by Gasteiger charge is 1.97. The lowest BCUT2D eigenvalue weighted by atomic mass is 10.1. The van der Waals surface area contributed by atoms with Gasteiger partial charge in [-0.25, -0.2) is 0 Å². The van der Waals surface area contributed by atoms with Gasteiger partial charge in [-0.2, -0.15) is 11.8 Å². The zero-order chi connectivity index (χ0) is 8.53. The number of hydrogen-bond acceptors (Lipinski definition) is 1. The molecule has 0 heterocycles. The summed E-state index contributed by atoms with van der Waals surface area (Å²) in [6.07, 6.45) is 13.5. The summed E-state index contributed by atoms with van der Waals surface area (Å²) in [6, 6.07) is 0. The Bertz CT molecular complexity index is 113. The molecule has 0 aromatic rings. The Morgan fingerprint density at radius 1 is 1.36 bits per heavy atom. The first-order chi connectivity index (χ1) is 5.31. The molecule has 0 amide bonds. The maximum atomic E-state index is 5.14. The summed E-state index contributed by atoms with van der Waals surface area (Å²) in [5.41, 5.74) is 0. The maximum Gasteiger partial charge on any atom is 0.00860 e. The Kier molecular flexibility index (Phi) is 7.95. The van der Waals surface area contributed by atoms with Gasteiger partial charge in [-0.05, 0) is 19.1 Å². The fourth-order valence-corrected chi connectivity index (χ4v) is 1.36. The van der Waals surface area contributed by atoms with E-state index in [1.165, 1.54) is 25.7 Å². The zero-order valence-corrected chi connectivity index (χ0v) is 8.41. The average Bonchev–Trinajstić information content (AvgIpc) is 2.04. The van der Waals surface area contributed by atoms with Crippen LogP contribution in [0.1, 0.15) is 39.0 Å². The van der Waals surface area contributed by atoms with Gasteiger partial charge in [0.1, 0.15) is 0 Å². The summed E-state index contributed by atoms with van der Waals surface area (Å²) in [5.74, 6) is 2.66. The predicted octanol–water partition coefficient (Wildman–Crippen LogP) is 3.32. The Morgan fingerprint density at radius 3 is 2.64 bits per heavy atom. The highest BCUT2D eigenvalue weighted by molar-refractivity contribution is 7.99. The lowest BCUT2D eigenvalue weighted by Crippen LogP contribution is -1.93. The van der Waals surface area contributed by atoms with E-state index in [0.717, 1.165) is 11.7 Å². The topological polar surface area (TPSA) is 0 Å². The van der Waals surface area contributed by atoms with Gasteiger partial charge in [0.2, 0.25) is 0 Å². The van der Waals surface area contributed by atoms with Gasteiger partial charge in [-0.3, -0.25) is 0 Å². The summed E-state index contributed by atoms with van der Waals surface area (Å²) in [7, 11) is 0. The maximum absolute atomic E-state index is 5.14. The van der Waals surface area contributed by atoms with Gasteiger partial charge in [0, 0.05) is 11.7 Å². The molecule has 1 atom stereocenters. The van der Waals surface area contributed by atoms with E-state index >= 15 is 0 Å². The molecular weight excluding hydrogens is 152 g/mol. The molecule has 0 aliphatic carbocycles. The SMILES string of the molecule is C#CCCCCCC(C)SC. The molecule has 0 nitrogen and oxygen atoms in total. The molecule has 0 spiro atoms. The molecule has 0 bridgehead atoms. The molecule has 11 heavy (non-hydrogen) atoms. The van der Waals surface area contributed by atoms with Gasteiger partial charge in [0.15, 0.2) is 0 Å². The molecule has 1 heteroatoms. The van der Waals surface area contributed by atoms with Crippen molar-refractivity contribution in [1.29, 1.82) is 0 Å². The van der Waals surface area contributed by atoms with Crippen molar-refractivity contribution in [1.82, 2.24) is 0 Å². The van der Waals surface area contributed by atoms with E-state index in [1.807, 2.05) is 11.8 Å². The van der Waals surface area contributed by atoms with E-state index in [1.54, 1.807) is 0 Å². The van der Waals surface area contributed by atoms with Crippen LogP contribution >= 0.6 is 11.8 Å². The van der Waals surface area contributed by atoms with Gasteiger partial charge in [0.25, 0.3) is 0 Å². The van der Waals surface area contributed by atoms with Crippen LogP contribution in [0.4, 0.5) is 0 Å². The largest absolute Gasteiger partial charge is 0.162 e. The summed E-state index contributed by atoms with van der Waals surface area (Å²) >= 11 is 1.95. The highest BCUT2D eigenvalue weighted by atomic mass is 32.2. The molecule has 64 valence electrons. The molecule has 1 unspecified atom stereocenters. The Labute approximate surface area is 75.1 Å². The molecule has 0 saturated carbocycles. The molecule has 0 radical (unpaired) electrons. The average molecular weight is 170 g/mol. The van der Waals surface area contributed by atoms with Gasteiger partial charge in [0.05, 0.1) is 0 Å². The lowest BCUT2D eigenvalue weighted by Gasteiger charge is -2.05. The van der Waals surface area contributed by atoms with E-state index < -0.39 is 0 Å². The number of terminal acetylenes is 1. The van der Waals surface area contributed by atoms with Crippen LogP contribution in [0.15, 0.2) is 0 Å². The van der Waals surface area contributed by atoms with Gasteiger partial charge in [-0.15, -0.1) is 12.3 Å². The molecule has 0 aromatic heterocycles. The summed E-state index contributed by atoms with van der Waals surface area (Å²) < 4.78 is 0. The Morgan fingerprint density at radius 2 is 2.09 bits per heavy atom. The van der Waals surface area contributed by atoms with Crippen molar-refractivity contribution in [3.63, 3.8) is 0 Å². The standard InChI is InChI=1S/C10H18S/c1-4-5-6-7-8-9-10(2)11-3/h1,10H,5-9H2,2-3H3. The summed E-state index contributed by atoms with van der Waals surface area (Å²) in [6.45, 7) is 2.28. The zero-order valence-electron chi connectivity index (χ0n) is 7.60.